The highest BCUT2D eigenvalue weighted by atomic mass is 32.2. The van der Waals surface area contributed by atoms with E-state index in [0.29, 0.717) is 13.2 Å². The Balaban J connectivity index is 2.17. The van der Waals surface area contributed by atoms with Crippen LogP contribution < -0.4 is 0 Å². The Morgan fingerprint density at radius 1 is 1.38 bits per heavy atom. The third-order valence-corrected chi connectivity index (χ3v) is 4.91. The third-order valence-electron chi connectivity index (χ3n) is 3.14. The lowest BCUT2D eigenvalue weighted by atomic mass is 10.4. The molecule has 1 saturated heterocycles. The zero-order chi connectivity index (χ0) is 15.5. The molecule has 118 valence electrons. The van der Waals surface area contributed by atoms with Crippen LogP contribution in [0.1, 0.15) is 10.6 Å². The monoisotopic (exact) mass is 318 g/mol. The predicted octanol–water partition coefficient (Wildman–Crippen LogP) is -0.635. The number of rotatable bonds is 5. The Bertz CT molecular complexity index is 591. The van der Waals surface area contributed by atoms with Crippen molar-refractivity contribution < 1.29 is 27.5 Å². The summed E-state index contributed by atoms with van der Waals surface area (Å²) in [6.07, 6.45) is 0. The van der Waals surface area contributed by atoms with Crippen molar-refractivity contribution in [3.05, 3.63) is 17.9 Å². The van der Waals surface area contributed by atoms with Crippen LogP contribution in [0.15, 0.2) is 21.6 Å². The van der Waals surface area contributed by atoms with E-state index < -0.39 is 15.9 Å². The molecule has 0 saturated carbocycles. The molecule has 9 heteroatoms. The maximum atomic E-state index is 12.3. The van der Waals surface area contributed by atoms with E-state index in [1.807, 2.05) is 0 Å². The van der Waals surface area contributed by atoms with E-state index in [4.69, 9.17) is 14.3 Å². The van der Waals surface area contributed by atoms with Crippen molar-refractivity contribution in [2.24, 2.45) is 0 Å². The van der Waals surface area contributed by atoms with Crippen LogP contribution in [0.3, 0.4) is 0 Å². The number of furan rings is 1. The van der Waals surface area contributed by atoms with Crippen LogP contribution >= 0.6 is 0 Å². The van der Waals surface area contributed by atoms with Gasteiger partial charge in [-0.25, -0.2) is 8.42 Å². The molecule has 1 aliphatic heterocycles. The van der Waals surface area contributed by atoms with E-state index in [1.54, 1.807) is 0 Å². The highest BCUT2D eigenvalue weighted by Crippen LogP contribution is 2.20. The van der Waals surface area contributed by atoms with Gasteiger partial charge in [-0.1, -0.05) is 0 Å². The number of ether oxygens (including phenoxy) is 1. The zero-order valence-corrected chi connectivity index (χ0v) is 12.5. The molecule has 0 unspecified atom stereocenters. The molecule has 1 aromatic rings. The van der Waals surface area contributed by atoms with Gasteiger partial charge in [-0.3, -0.25) is 4.79 Å². The van der Waals surface area contributed by atoms with Crippen LogP contribution in [0.4, 0.5) is 0 Å². The Morgan fingerprint density at radius 3 is 2.67 bits per heavy atom. The molecule has 0 radical (unpaired) electrons. The molecule has 1 amide bonds. The van der Waals surface area contributed by atoms with Gasteiger partial charge in [-0.2, -0.15) is 4.31 Å². The van der Waals surface area contributed by atoms with Gasteiger partial charge in [0.2, 0.25) is 5.09 Å². The van der Waals surface area contributed by atoms with E-state index in [-0.39, 0.29) is 37.1 Å². The summed E-state index contributed by atoms with van der Waals surface area (Å²) in [5.74, 6) is -0.551. The molecule has 1 N–H and O–H groups in total. The number of hydrogen-bond donors (Lipinski definition) is 1. The fraction of sp³-hybridized carbons (Fsp3) is 0.583. The van der Waals surface area contributed by atoms with Gasteiger partial charge in [-0.15, -0.1) is 0 Å². The maximum Gasteiger partial charge on any atom is 0.289 e. The van der Waals surface area contributed by atoms with E-state index >= 15 is 0 Å². The fourth-order valence-electron chi connectivity index (χ4n) is 1.93. The van der Waals surface area contributed by atoms with Crippen molar-refractivity contribution in [2.75, 3.05) is 46.5 Å². The van der Waals surface area contributed by atoms with Gasteiger partial charge in [0.05, 0.1) is 19.8 Å². The Morgan fingerprint density at radius 2 is 2.05 bits per heavy atom. The first-order valence-corrected chi connectivity index (χ1v) is 7.95. The van der Waals surface area contributed by atoms with Crippen molar-refractivity contribution in [2.45, 2.75) is 5.09 Å². The van der Waals surface area contributed by atoms with Crippen molar-refractivity contribution >= 4 is 15.9 Å². The lowest BCUT2D eigenvalue weighted by Crippen LogP contribution is -2.40. The number of sulfonamides is 1. The summed E-state index contributed by atoms with van der Waals surface area (Å²) in [7, 11) is -2.25. The molecule has 8 nitrogen and oxygen atoms in total. The number of morpholine rings is 1. The lowest BCUT2D eigenvalue weighted by Gasteiger charge is -2.24. The van der Waals surface area contributed by atoms with E-state index in [0.717, 1.165) is 0 Å². The molecule has 0 bridgehead atoms. The van der Waals surface area contributed by atoms with E-state index in [1.165, 1.54) is 28.4 Å². The Labute approximate surface area is 122 Å². The minimum absolute atomic E-state index is 0.0715. The molecule has 1 aromatic heterocycles. The number of carbonyl (C=O) groups is 1. The van der Waals surface area contributed by atoms with Crippen LogP contribution in [0.2, 0.25) is 0 Å². The number of carbonyl (C=O) groups excluding carboxylic acids is 1. The summed E-state index contributed by atoms with van der Waals surface area (Å²) < 4.78 is 36.2. The van der Waals surface area contributed by atoms with Gasteiger partial charge in [0, 0.05) is 26.7 Å². The largest absolute Gasteiger partial charge is 0.438 e. The van der Waals surface area contributed by atoms with Gasteiger partial charge in [0.15, 0.2) is 5.76 Å². The highest BCUT2D eigenvalue weighted by Gasteiger charge is 2.30. The quantitative estimate of drug-likeness (QED) is 0.775. The average molecular weight is 318 g/mol. The summed E-state index contributed by atoms with van der Waals surface area (Å²) >= 11 is 0. The Kier molecular flexibility index (Phi) is 4.99. The Hall–Kier alpha value is -1.42. The number of aliphatic hydroxyl groups excluding tert-OH is 1. The van der Waals surface area contributed by atoms with Gasteiger partial charge in [0.25, 0.3) is 15.9 Å². The molecule has 0 atom stereocenters. The third kappa shape index (κ3) is 3.43. The van der Waals surface area contributed by atoms with Crippen molar-refractivity contribution in [3.8, 4) is 0 Å². The van der Waals surface area contributed by atoms with Crippen molar-refractivity contribution in [3.63, 3.8) is 0 Å². The van der Waals surface area contributed by atoms with Crippen LogP contribution in [0, 0.1) is 0 Å². The molecule has 1 fully saturated rings. The molecule has 21 heavy (non-hydrogen) atoms. The predicted molar refractivity (Wildman–Crippen MR) is 72.3 cm³/mol. The molecule has 1 aliphatic rings. The van der Waals surface area contributed by atoms with Gasteiger partial charge >= 0.3 is 0 Å². The second kappa shape index (κ2) is 6.56. The molecular weight excluding hydrogens is 300 g/mol. The first-order valence-electron chi connectivity index (χ1n) is 6.51. The number of amides is 1. The lowest BCUT2D eigenvalue weighted by molar-refractivity contribution is 0.0708. The molecule has 2 rings (SSSR count). The molecule has 0 aliphatic carbocycles. The van der Waals surface area contributed by atoms with Crippen molar-refractivity contribution in [1.82, 2.24) is 9.21 Å². The topological polar surface area (TPSA) is 100 Å². The van der Waals surface area contributed by atoms with Crippen molar-refractivity contribution in [1.29, 1.82) is 0 Å². The first-order chi connectivity index (χ1) is 9.96. The van der Waals surface area contributed by atoms with Gasteiger partial charge in [-0.05, 0) is 12.1 Å². The van der Waals surface area contributed by atoms with E-state index in [9.17, 15) is 13.2 Å². The second-order valence-corrected chi connectivity index (χ2v) is 6.45. The number of aliphatic hydroxyl groups is 1. The average Bonchev–Trinajstić information content (AvgIpc) is 2.98. The normalized spacial score (nSPS) is 16.9. The first kappa shape index (κ1) is 16.0. The van der Waals surface area contributed by atoms with Gasteiger partial charge in [0.1, 0.15) is 0 Å². The highest BCUT2D eigenvalue weighted by molar-refractivity contribution is 7.89. The van der Waals surface area contributed by atoms with Crippen LogP contribution in [-0.4, -0.2) is 75.1 Å². The summed E-state index contributed by atoms with van der Waals surface area (Å²) in [6, 6.07) is 2.59. The zero-order valence-electron chi connectivity index (χ0n) is 11.7. The number of nitrogens with zero attached hydrogens (tertiary/aromatic N) is 2. The molecule has 0 aromatic carbocycles. The maximum absolute atomic E-state index is 12.3. The molecule has 2 heterocycles. The van der Waals surface area contributed by atoms with Crippen LogP contribution in [0.25, 0.3) is 0 Å². The SMILES string of the molecule is CN(CCO)C(=O)c1ccc(S(=O)(=O)N2CCOCC2)o1. The number of hydrogen-bond acceptors (Lipinski definition) is 6. The standard InChI is InChI=1S/C12H18N2O6S/c1-13(4-7-15)12(16)10-2-3-11(20-10)21(17,18)14-5-8-19-9-6-14/h2-3,15H,4-9H2,1H3. The summed E-state index contributed by atoms with van der Waals surface area (Å²) in [4.78, 5) is 13.2. The van der Waals surface area contributed by atoms with E-state index in [2.05, 4.69) is 0 Å². The van der Waals surface area contributed by atoms with Crippen LogP contribution in [-0.2, 0) is 14.8 Å². The minimum Gasteiger partial charge on any atom is -0.438 e. The summed E-state index contributed by atoms with van der Waals surface area (Å²) in [5, 5.41) is 8.54. The minimum atomic E-state index is -3.75. The number of likely N-dealkylation sites (N-methyl/N-ethyl adjacent to an activating group) is 1. The van der Waals surface area contributed by atoms with Crippen LogP contribution in [0.5, 0.6) is 0 Å². The molecular formula is C12H18N2O6S. The summed E-state index contributed by atoms with van der Waals surface area (Å²) in [6.45, 7) is 1.16. The summed E-state index contributed by atoms with van der Waals surface area (Å²) in [5.41, 5.74) is 0. The molecule has 0 spiro atoms. The second-order valence-electron chi connectivity index (χ2n) is 4.59. The van der Waals surface area contributed by atoms with Gasteiger partial charge < -0.3 is 19.2 Å². The smallest absolute Gasteiger partial charge is 0.289 e. The fourth-order valence-corrected chi connectivity index (χ4v) is 3.25.